The van der Waals surface area contributed by atoms with Crippen LogP contribution in [0.4, 0.5) is 5.95 Å². The Balaban J connectivity index is 1.88. The zero-order valence-electron chi connectivity index (χ0n) is 12.6. The minimum absolute atomic E-state index is 0.600. The molecular formula is C15H26N4O. The van der Waals surface area contributed by atoms with Crippen LogP contribution in [0.2, 0.25) is 0 Å². The van der Waals surface area contributed by atoms with Gasteiger partial charge in [0.25, 0.3) is 0 Å². The summed E-state index contributed by atoms with van der Waals surface area (Å²) in [5, 5.41) is 3.36. The summed E-state index contributed by atoms with van der Waals surface area (Å²) in [4.78, 5) is 11.3. The third kappa shape index (κ3) is 4.42. The molecule has 20 heavy (non-hydrogen) atoms. The van der Waals surface area contributed by atoms with Gasteiger partial charge in [-0.05, 0) is 31.7 Å². The van der Waals surface area contributed by atoms with E-state index in [1.165, 1.54) is 12.8 Å². The SMILES string of the molecule is CCCNCc1cnc(N2CCCC(COC)C2)nc1. The molecule has 1 N–H and O–H groups in total. The van der Waals surface area contributed by atoms with E-state index in [4.69, 9.17) is 4.74 Å². The zero-order valence-corrected chi connectivity index (χ0v) is 12.6. The predicted molar refractivity (Wildman–Crippen MR) is 80.8 cm³/mol. The van der Waals surface area contributed by atoms with Gasteiger partial charge in [-0.15, -0.1) is 0 Å². The normalized spacial score (nSPS) is 19.3. The molecule has 112 valence electrons. The van der Waals surface area contributed by atoms with Crippen molar-refractivity contribution in [3.05, 3.63) is 18.0 Å². The molecule has 0 saturated carbocycles. The van der Waals surface area contributed by atoms with Crippen LogP contribution in [0.15, 0.2) is 12.4 Å². The Morgan fingerprint density at radius 2 is 2.20 bits per heavy atom. The standard InChI is InChI=1S/C15H26N4O/c1-3-6-16-8-14-9-17-15(18-10-14)19-7-4-5-13(11-19)12-20-2/h9-10,13,16H,3-8,11-12H2,1-2H3. The van der Waals surface area contributed by atoms with E-state index in [1.54, 1.807) is 7.11 Å². The second-order valence-electron chi connectivity index (χ2n) is 5.48. The molecule has 1 aliphatic rings. The number of aromatic nitrogens is 2. The van der Waals surface area contributed by atoms with Crippen molar-refractivity contribution in [3.63, 3.8) is 0 Å². The van der Waals surface area contributed by atoms with Gasteiger partial charge in [0.05, 0.1) is 6.61 Å². The summed E-state index contributed by atoms with van der Waals surface area (Å²) in [6.45, 7) is 6.93. The lowest BCUT2D eigenvalue weighted by Gasteiger charge is -2.32. The molecule has 2 rings (SSSR count). The highest BCUT2D eigenvalue weighted by atomic mass is 16.5. The average Bonchev–Trinajstić information content (AvgIpc) is 2.49. The van der Waals surface area contributed by atoms with Crippen molar-refractivity contribution in [2.75, 3.05) is 38.3 Å². The van der Waals surface area contributed by atoms with E-state index < -0.39 is 0 Å². The van der Waals surface area contributed by atoms with E-state index in [2.05, 4.69) is 27.1 Å². The van der Waals surface area contributed by atoms with E-state index in [-0.39, 0.29) is 0 Å². The van der Waals surface area contributed by atoms with Gasteiger partial charge in [0, 0.05) is 44.7 Å². The van der Waals surface area contributed by atoms with Gasteiger partial charge < -0.3 is 15.0 Å². The summed E-state index contributed by atoms with van der Waals surface area (Å²) in [6.07, 6.45) is 7.45. The summed E-state index contributed by atoms with van der Waals surface area (Å²) in [5.41, 5.74) is 1.15. The Morgan fingerprint density at radius 1 is 1.40 bits per heavy atom. The number of nitrogens with zero attached hydrogens (tertiary/aromatic N) is 3. The first-order valence-electron chi connectivity index (χ1n) is 7.59. The fourth-order valence-electron chi connectivity index (χ4n) is 2.63. The fourth-order valence-corrected chi connectivity index (χ4v) is 2.63. The quantitative estimate of drug-likeness (QED) is 0.771. The number of piperidine rings is 1. The van der Waals surface area contributed by atoms with E-state index in [0.717, 1.165) is 50.7 Å². The third-order valence-electron chi connectivity index (χ3n) is 3.65. The van der Waals surface area contributed by atoms with Gasteiger partial charge in [-0.2, -0.15) is 0 Å². The number of methoxy groups -OCH3 is 1. The van der Waals surface area contributed by atoms with Crippen LogP contribution in [0.1, 0.15) is 31.7 Å². The van der Waals surface area contributed by atoms with Crippen molar-refractivity contribution < 1.29 is 4.74 Å². The molecule has 1 fully saturated rings. The van der Waals surface area contributed by atoms with Crippen LogP contribution in [0, 0.1) is 5.92 Å². The third-order valence-corrected chi connectivity index (χ3v) is 3.65. The van der Waals surface area contributed by atoms with Crippen LogP contribution in [0.3, 0.4) is 0 Å². The lowest BCUT2D eigenvalue weighted by atomic mass is 9.99. The lowest BCUT2D eigenvalue weighted by molar-refractivity contribution is 0.143. The average molecular weight is 278 g/mol. The van der Waals surface area contributed by atoms with Crippen LogP contribution in [-0.2, 0) is 11.3 Å². The van der Waals surface area contributed by atoms with Crippen LogP contribution in [-0.4, -0.2) is 43.3 Å². The van der Waals surface area contributed by atoms with E-state index in [9.17, 15) is 0 Å². The van der Waals surface area contributed by atoms with Crippen LogP contribution >= 0.6 is 0 Å². The molecule has 1 aromatic heterocycles. The maximum absolute atomic E-state index is 5.26. The molecule has 0 spiro atoms. The Labute approximate surface area is 121 Å². The molecule has 5 nitrogen and oxygen atoms in total. The van der Waals surface area contributed by atoms with Gasteiger partial charge in [0.2, 0.25) is 5.95 Å². The van der Waals surface area contributed by atoms with Crippen molar-refractivity contribution in [2.45, 2.75) is 32.7 Å². The van der Waals surface area contributed by atoms with E-state index in [0.29, 0.717) is 5.92 Å². The zero-order chi connectivity index (χ0) is 14.2. The van der Waals surface area contributed by atoms with Crippen LogP contribution in [0.25, 0.3) is 0 Å². The summed E-state index contributed by atoms with van der Waals surface area (Å²) in [5.74, 6) is 1.45. The van der Waals surface area contributed by atoms with Gasteiger partial charge in [0.1, 0.15) is 0 Å². The molecule has 5 heteroatoms. The Hall–Kier alpha value is -1.20. The lowest BCUT2D eigenvalue weighted by Crippen LogP contribution is -2.38. The summed E-state index contributed by atoms with van der Waals surface area (Å²) >= 11 is 0. The van der Waals surface area contributed by atoms with Gasteiger partial charge in [-0.1, -0.05) is 6.92 Å². The van der Waals surface area contributed by atoms with Crippen molar-refractivity contribution in [2.24, 2.45) is 5.92 Å². The van der Waals surface area contributed by atoms with Gasteiger partial charge >= 0.3 is 0 Å². The second-order valence-corrected chi connectivity index (χ2v) is 5.48. The molecular weight excluding hydrogens is 252 g/mol. The fraction of sp³-hybridized carbons (Fsp3) is 0.733. The number of nitrogens with one attached hydrogen (secondary N) is 1. The first-order chi connectivity index (χ1) is 9.83. The molecule has 1 unspecified atom stereocenters. The monoisotopic (exact) mass is 278 g/mol. The van der Waals surface area contributed by atoms with Crippen molar-refractivity contribution in [1.29, 1.82) is 0 Å². The minimum atomic E-state index is 0.600. The molecule has 2 heterocycles. The Bertz CT molecular complexity index is 380. The van der Waals surface area contributed by atoms with Crippen LogP contribution in [0.5, 0.6) is 0 Å². The Morgan fingerprint density at radius 3 is 2.90 bits per heavy atom. The van der Waals surface area contributed by atoms with Crippen molar-refractivity contribution in [3.8, 4) is 0 Å². The number of anilines is 1. The number of hydrogen-bond donors (Lipinski definition) is 1. The number of rotatable bonds is 7. The smallest absolute Gasteiger partial charge is 0.225 e. The summed E-state index contributed by atoms with van der Waals surface area (Å²) < 4.78 is 5.26. The largest absolute Gasteiger partial charge is 0.384 e. The van der Waals surface area contributed by atoms with Crippen LogP contribution < -0.4 is 10.2 Å². The van der Waals surface area contributed by atoms with Crippen molar-refractivity contribution in [1.82, 2.24) is 15.3 Å². The summed E-state index contributed by atoms with van der Waals surface area (Å²) in [7, 11) is 1.77. The molecule has 1 saturated heterocycles. The van der Waals surface area contributed by atoms with Gasteiger partial charge in [-0.3, -0.25) is 0 Å². The Kier molecular flexibility index (Phi) is 6.21. The van der Waals surface area contributed by atoms with Gasteiger partial charge in [-0.25, -0.2) is 9.97 Å². The molecule has 0 amide bonds. The molecule has 0 radical (unpaired) electrons. The first-order valence-corrected chi connectivity index (χ1v) is 7.59. The van der Waals surface area contributed by atoms with E-state index >= 15 is 0 Å². The topological polar surface area (TPSA) is 50.3 Å². The number of ether oxygens (including phenoxy) is 1. The molecule has 0 aliphatic carbocycles. The maximum Gasteiger partial charge on any atom is 0.225 e. The molecule has 1 aliphatic heterocycles. The molecule has 0 bridgehead atoms. The van der Waals surface area contributed by atoms with Crippen molar-refractivity contribution >= 4 is 5.95 Å². The first kappa shape index (κ1) is 15.2. The summed E-state index contributed by atoms with van der Waals surface area (Å²) in [6, 6.07) is 0. The minimum Gasteiger partial charge on any atom is -0.384 e. The molecule has 0 aromatic carbocycles. The number of hydrogen-bond acceptors (Lipinski definition) is 5. The molecule has 1 atom stereocenters. The predicted octanol–water partition coefficient (Wildman–Crippen LogP) is 1.84. The highest BCUT2D eigenvalue weighted by molar-refractivity contribution is 5.30. The second kappa shape index (κ2) is 8.17. The molecule has 1 aromatic rings. The maximum atomic E-state index is 5.26. The highest BCUT2D eigenvalue weighted by Crippen LogP contribution is 2.20. The van der Waals surface area contributed by atoms with Gasteiger partial charge in [0.15, 0.2) is 0 Å². The van der Waals surface area contributed by atoms with E-state index in [1.807, 2.05) is 12.4 Å². The highest BCUT2D eigenvalue weighted by Gasteiger charge is 2.21.